The Morgan fingerprint density at radius 3 is 2.76 bits per heavy atom. The van der Waals surface area contributed by atoms with Crippen LogP contribution in [-0.4, -0.2) is 24.9 Å². The second-order valence-electron chi connectivity index (χ2n) is 3.51. The summed E-state index contributed by atoms with van der Waals surface area (Å²) < 4.78 is 33.2. The number of nitrogens with zero attached hydrogens (tertiary/aromatic N) is 1. The molecule has 0 aliphatic heterocycles. The molecule has 2 rings (SSSR count). The summed E-state index contributed by atoms with van der Waals surface area (Å²) in [7, 11) is 2.68. The fourth-order valence-electron chi connectivity index (χ4n) is 1.73. The van der Waals surface area contributed by atoms with Gasteiger partial charge in [0.2, 0.25) is 0 Å². The van der Waals surface area contributed by atoms with Gasteiger partial charge >= 0.3 is 5.97 Å². The van der Waals surface area contributed by atoms with Gasteiger partial charge in [0.15, 0.2) is 0 Å². The highest BCUT2D eigenvalue weighted by atomic mass is 16.5. The lowest BCUT2D eigenvalue weighted by Gasteiger charge is -2.07. The maximum absolute atomic E-state index is 11.6. The van der Waals surface area contributed by atoms with Crippen LogP contribution in [0.2, 0.25) is 0 Å². The molecule has 0 aliphatic rings. The Labute approximate surface area is 103 Å². The first kappa shape index (κ1) is 8.00. The van der Waals surface area contributed by atoms with Gasteiger partial charge in [0.1, 0.15) is 11.3 Å². The van der Waals surface area contributed by atoms with E-state index in [0.29, 0.717) is 16.7 Å². The van der Waals surface area contributed by atoms with Crippen LogP contribution in [0, 0.1) is 6.85 Å². The fourth-order valence-corrected chi connectivity index (χ4v) is 1.73. The van der Waals surface area contributed by atoms with Crippen molar-refractivity contribution in [3.8, 4) is 5.75 Å². The van der Waals surface area contributed by atoms with Gasteiger partial charge in [-0.25, -0.2) is 4.79 Å². The van der Waals surface area contributed by atoms with E-state index in [-0.39, 0.29) is 11.3 Å². The molecule has 0 radical (unpaired) electrons. The lowest BCUT2D eigenvalue weighted by molar-refractivity contribution is 0.0600. The average molecular weight is 237 g/mol. The number of nitrogens with two attached hydrogens (primary N) is 1. The molecule has 0 aliphatic carbocycles. The number of ether oxygens (including phenoxy) is 2. The fraction of sp³-hybridized carbons (Fsp3) is 0.250. The van der Waals surface area contributed by atoms with Crippen LogP contribution in [0.15, 0.2) is 18.2 Å². The van der Waals surface area contributed by atoms with Gasteiger partial charge < -0.3 is 15.3 Å². The summed E-state index contributed by atoms with van der Waals surface area (Å²) in [6, 6.07) is 4.39. The number of rotatable bonds is 2. The molecule has 5 heteroatoms. The Kier molecular flexibility index (Phi) is 1.89. The van der Waals surface area contributed by atoms with E-state index in [2.05, 4.69) is 4.74 Å². The average Bonchev–Trinajstić information content (AvgIpc) is 2.74. The van der Waals surface area contributed by atoms with Crippen molar-refractivity contribution in [2.75, 3.05) is 20.1 Å². The molecule has 0 saturated heterocycles. The molecular formula is C12H14N2O3. The Bertz CT molecular complexity index is 677. The van der Waals surface area contributed by atoms with Crippen molar-refractivity contribution in [1.82, 2.24) is 4.68 Å². The quantitative estimate of drug-likeness (QED) is 0.634. The van der Waals surface area contributed by atoms with E-state index >= 15 is 0 Å². The molecule has 0 unspecified atom stereocenters. The Balaban J connectivity index is 2.77. The van der Waals surface area contributed by atoms with E-state index in [1.807, 2.05) is 0 Å². The first-order valence-electron chi connectivity index (χ1n) is 6.37. The lowest BCUT2D eigenvalue weighted by atomic mass is 10.1. The van der Waals surface area contributed by atoms with Gasteiger partial charge in [0.05, 0.1) is 19.8 Å². The van der Waals surface area contributed by atoms with Crippen molar-refractivity contribution in [3.63, 3.8) is 0 Å². The number of esters is 1. The molecule has 0 atom stereocenters. The first-order chi connectivity index (χ1) is 9.29. The second kappa shape index (κ2) is 4.01. The largest absolute Gasteiger partial charge is 0.494 e. The summed E-state index contributed by atoms with van der Waals surface area (Å²) in [4.78, 5) is 11.6. The van der Waals surface area contributed by atoms with E-state index in [9.17, 15) is 4.79 Å². The van der Waals surface area contributed by atoms with Crippen LogP contribution in [0.3, 0.4) is 0 Å². The first-order valence-corrected chi connectivity index (χ1v) is 4.87. The van der Waals surface area contributed by atoms with Gasteiger partial charge in [-0.1, -0.05) is 0 Å². The molecule has 0 bridgehead atoms. The van der Waals surface area contributed by atoms with Crippen molar-refractivity contribution in [2.24, 2.45) is 0 Å². The summed E-state index contributed by atoms with van der Waals surface area (Å²) in [6.07, 6.45) is 0. The third-order valence-corrected chi connectivity index (χ3v) is 2.54. The number of fused-ring (bicyclic) bond motifs is 1. The molecule has 0 amide bonds. The zero-order chi connectivity index (χ0) is 15.1. The minimum Gasteiger partial charge on any atom is -0.494 e. The van der Waals surface area contributed by atoms with Crippen LogP contribution < -0.4 is 10.6 Å². The minimum atomic E-state index is -2.36. The van der Waals surface area contributed by atoms with Crippen LogP contribution in [0.25, 0.3) is 10.9 Å². The summed E-state index contributed by atoms with van der Waals surface area (Å²) in [5.74, 6) is 5.59. The number of aromatic nitrogens is 1. The zero-order valence-corrected chi connectivity index (χ0v) is 9.48. The number of benzene rings is 1. The number of hydrogen-bond acceptors (Lipinski definition) is 4. The minimum absolute atomic E-state index is 0.0344. The highest BCUT2D eigenvalue weighted by Crippen LogP contribution is 2.29. The maximum atomic E-state index is 11.6. The van der Waals surface area contributed by atoms with Crippen molar-refractivity contribution < 1.29 is 18.4 Å². The van der Waals surface area contributed by atoms with Crippen molar-refractivity contribution in [2.45, 2.75) is 6.85 Å². The maximum Gasteiger partial charge on any atom is 0.338 e. The zero-order valence-electron chi connectivity index (χ0n) is 12.5. The number of carbonyl (C=O) groups excluding carboxylic acids is 1. The highest BCUT2D eigenvalue weighted by molar-refractivity contribution is 5.97. The molecule has 0 fully saturated rings. The monoisotopic (exact) mass is 237 g/mol. The number of carbonyl (C=O) groups is 1. The van der Waals surface area contributed by atoms with Gasteiger partial charge in [0, 0.05) is 15.2 Å². The Morgan fingerprint density at radius 1 is 1.41 bits per heavy atom. The predicted molar refractivity (Wildman–Crippen MR) is 64.7 cm³/mol. The molecule has 90 valence electrons. The van der Waals surface area contributed by atoms with Gasteiger partial charge in [-0.05, 0) is 25.1 Å². The van der Waals surface area contributed by atoms with E-state index in [1.165, 1.54) is 32.4 Å². The molecule has 1 heterocycles. The van der Waals surface area contributed by atoms with Crippen LogP contribution >= 0.6 is 0 Å². The standard InChI is InChI=1S/C12H14N2O3/c1-7-4-8-5-9(12(15)17-3)6-10(16-2)11(8)14(7)13/h4-6H,13H2,1-3H3/i1D3. The van der Waals surface area contributed by atoms with Crippen LogP contribution in [0.1, 0.15) is 20.2 Å². The normalized spacial score (nSPS) is 13.9. The number of hydrogen-bond donors (Lipinski definition) is 1. The summed E-state index contributed by atoms with van der Waals surface area (Å²) in [5, 5.41) is 0.498. The van der Waals surface area contributed by atoms with Crippen molar-refractivity contribution in [3.05, 3.63) is 29.5 Å². The van der Waals surface area contributed by atoms with Gasteiger partial charge in [-0.3, -0.25) is 4.68 Å². The van der Waals surface area contributed by atoms with Crippen molar-refractivity contribution >= 4 is 16.9 Å². The van der Waals surface area contributed by atoms with Crippen molar-refractivity contribution in [1.29, 1.82) is 0 Å². The molecule has 17 heavy (non-hydrogen) atoms. The molecule has 5 nitrogen and oxygen atoms in total. The Morgan fingerprint density at radius 2 is 2.18 bits per heavy atom. The third-order valence-electron chi connectivity index (χ3n) is 2.54. The summed E-state index contributed by atoms with van der Waals surface area (Å²) in [5.41, 5.74) is 0.638. The molecule has 2 N–H and O–H groups in total. The van der Waals surface area contributed by atoms with E-state index < -0.39 is 12.8 Å². The number of nitrogen functional groups attached to an aromatic ring is 1. The lowest BCUT2D eigenvalue weighted by Crippen LogP contribution is -2.10. The Hall–Kier alpha value is -2.17. The second-order valence-corrected chi connectivity index (χ2v) is 3.51. The molecule has 0 saturated carbocycles. The van der Waals surface area contributed by atoms with Gasteiger partial charge in [0.25, 0.3) is 0 Å². The van der Waals surface area contributed by atoms with Crippen LogP contribution in [0.5, 0.6) is 5.75 Å². The molecule has 1 aromatic carbocycles. The van der Waals surface area contributed by atoms with E-state index in [0.717, 1.165) is 4.68 Å². The third kappa shape index (κ3) is 1.69. The van der Waals surface area contributed by atoms with Gasteiger partial charge in [-0.2, -0.15) is 0 Å². The number of methoxy groups -OCH3 is 2. The van der Waals surface area contributed by atoms with E-state index in [4.69, 9.17) is 14.7 Å². The topological polar surface area (TPSA) is 66.5 Å². The summed E-state index contributed by atoms with van der Waals surface area (Å²) >= 11 is 0. The van der Waals surface area contributed by atoms with E-state index in [1.54, 1.807) is 0 Å². The predicted octanol–water partition coefficient (Wildman–Crippen LogP) is 1.46. The van der Waals surface area contributed by atoms with Crippen LogP contribution in [-0.2, 0) is 4.74 Å². The number of aryl methyl sites for hydroxylation is 1. The molecule has 2 aromatic rings. The van der Waals surface area contributed by atoms with Gasteiger partial charge in [-0.15, -0.1) is 0 Å². The summed E-state index contributed by atoms with van der Waals surface area (Å²) in [6.45, 7) is -2.36. The molecular weight excluding hydrogens is 220 g/mol. The highest BCUT2D eigenvalue weighted by Gasteiger charge is 2.14. The molecule has 0 spiro atoms. The molecule has 1 aromatic heterocycles. The smallest absolute Gasteiger partial charge is 0.338 e. The SMILES string of the molecule is [2H]C([2H])([2H])c1cc2cc(C(=O)OC)cc(OC)c2n1N. The van der Waals surface area contributed by atoms with Crippen LogP contribution in [0.4, 0.5) is 0 Å².